The van der Waals surface area contributed by atoms with E-state index in [1.54, 1.807) is 23.0 Å². The summed E-state index contributed by atoms with van der Waals surface area (Å²) in [6, 6.07) is 12.8. The lowest BCUT2D eigenvalue weighted by Gasteiger charge is -2.36. The lowest BCUT2D eigenvalue weighted by atomic mass is 9.85. The zero-order valence-electron chi connectivity index (χ0n) is 23.7. The molecule has 0 aromatic heterocycles. The quantitative estimate of drug-likeness (QED) is 0.463. The van der Waals surface area contributed by atoms with Crippen molar-refractivity contribution in [2.45, 2.75) is 65.0 Å². The molecule has 1 fully saturated rings. The molecule has 2 aromatic carbocycles. The third kappa shape index (κ3) is 6.96. The van der Waals surface area contributed by atoms with Crippen molar-refractivity contribution in [1.29, 1.82) is 0 Å². The predicted molar refractivity (Wildman–Crippen MR) is 154 cm³/mol. The highest BCUT2D eigenvalue weighted by atomic mass is 35.5. The fraction of sp³-hybridized carbons (Fsp3) is 0.516. The van der Waals surface area contributed by atoms with E-state index in [2.05, 4.69) is 0 Å². The zero-order chi connectivity index (χ0) is 29.0. The molecule has 1 aliphatic carbocycles. The molecule has 2 aliphatic rings. The first kappa shape index (κ1) is 29.9. The Labute approximate surface area is 241 Å². The van der Waals surface area contributed by atoms with Crippen LogP contribution in [0.5, 0.6) is 5.75 Å². The van der Waals surface area contributed by atoms with Crippen molar-refractivity contribution in [2.75, 3.05) is 31.7 Å². The van der Waals surface area contributed by atoms with Crippen LogP contribution < -0.4 is 9.64 Å². The van der Waals surface area contributed by atoms with Gasteiger partial charge in [0, 0.05) is 41.0 Å². The van der Waals surface area contributed by atoms with E-state index >= 15 is 0 Å². The van der Waals surface area contributed by atoms with E-state index in [1.807, 2.05) is 57.2 Å². The van der Waals surface area contributed by atoms with E-state index in [0.717, 1.165) is 11.1 Å². The van der Waals surface area contributed by atoms with Gasteiger partial charge >= 0.3 is 5.97 Å². The number of fused-ring (bicyclic) bond motifs is 1. The fourth-order valence-electron chi connectivity index (χ4n) is 5.73. The van der Waals surface area contributed by atoms with Gasteiger partial charge in [-0.25, -0.2) is 0 Å². The Morgan fingerprint density at radius 1 is 1.05 bits per heavy atom. The van der Waals surface area contributed by atoms with Crippen LogP contribution in [0.2, 0.25) is 5.02 Å². The molecular weight excluding hydrogens is 532 g/mol. The van der Waals surface area contributed by atoms with E-state index in [-0.39, 0.29) is 42.8 Å². The minimum absolute atomic E-state index is 0.141. The van der Waals surface area contributed by atoms with Crippen LogP contribution in [0.25, 0.3) is 0 Å². The predicted octanol–water partition coefficient (Wildman–Crippen LogP) is 5.71. The smallest absolute Gasteiger partial charge is 0.306 e. The number of anilines is 1. The summed E-state index contributed by atoms with van der Waals surface area (Å²) in [5.74, 6) is -1.12. The lowest BCUT2D eigenvalue weighted by Crippen LogP contribution is -2.47. The topological polar surface area (TPSA) is 96.4 Å². The summed E-state index contributed by atoms with van der Waals surface area (Å²) in [4.78, 5) is 42.5. The molecule has 1 N–H and O–H groups in total. The minimum Gasteiger partial charge on any atom is -0.496 e. The third-order valence-electron chi connectivity index (χ3n) is 7.64. The SMILES string of the molecule is COc1ccccc1C1OCCN(C2CCC(C(=O)O)CC2)C(=O)CC(=O)N(CC(C)(C)C)c2ccc(Cl)cc21. The second-order valence-corrected chi connectivity index (χ2v) is 12.3. The van der Waals surface area contributed by atoms with Crippen LogP contribution in [0.1, 0.15) is 70.1 Å². The van der Waals surface area contributed by atoms with Gasteiger partial charge in [0.25, 0.3) is 0 Å². The van der Waals surface area contributed by atoms with Crippen molar-refractivity contribution >= 4 is 35.1 Å². The number of rotatable bonds is 5. The number of methoxy groups -OCH3 is 1. The molecule has 1 atom stereocenters. The number of carbonyl (C=O) groups excluding carboxylic acids is 2. The van der Waals surface area contributed by atoms with Crippen molar-refractivity contribution in [3.05, 3.63) is 58.6 Å². The van der Waals surface area contributed by atoms with E-state index in [1.165, 1.54) is 0 Å². The number of amides is 2. The maximum atomic E-state index is 13.9. The van der Waals surface area contributed by atoms with Gasteiger partial charge in [-0.2, -0.15) is 0 Å². The van der Waals surface area contributed by atoms with Gasteiger partial charge in [0.1, 0.15) is 18.3 Å². The number of carboxylic acid groups (broad SMARTS) is 1. The first-order valence-electron chi connectivity index (χ1n) is 13.8. The number of carboxylic acids is 1. The van der Waals surface area contributed by atoms with Crippen LogP contribution in [-0.4, -0.2) is 60.6 Å². The van der Waals surface area contributed by atoms with E-state index < -0.39 is 18.0 Å². The second-order valence-electron chi connectivity index (χ2n) is 11.8. The van der Waals surface area contributed by atoms with Gasteiger partial charge in [-0.05, 0) is 55.4 Å². The molecule has 9 heteroatoms. The molecule has 40 heavy (non-hydrogen) atoms. The van der Waals surface area contributed by atoms with E-state index in [4.69, 9.17) is 21.1 Å². The van der Waals surface area contributed by atoms with Gasteiger partial charge < -0.3 is 24.4 Å². The molecule has 4 rings (SSSR count). The highest BCUT2D eigenvalue weighted by Crippen LogP contribution is 2.40. The number of benzene rings is 2. The Hall–Kier alpha value is -3.10. The molecule has 1 aliphatic heterocycles. The molecule has 2 aromatic rings. The summed E-state index contributed by atoms with van der Waals surface area (Å²) < 4.78 is 12.2. The Morgan fingerprint density at radius 2 is 1.75 bits per heavy atom. The van der Waals surface area contributed by atoms with Crippen LogP contribution in [-0.2, 0) is 19.1 Å². The summed E-state index contributed by atoms with van der Waals surface area (Å²) in [7, 11) is 1.60. The van der Waals surface area contributed by atoms with E-state index in [9.17, 15) is 19.5 Å². The molecule has 1 unspecified atom stereocenters. The fourth-order valence-corrected chi connectivity index (χ4v) is 5.91. The number of hydrogen-bond acceptors (Lipinski definition) is 5. The van der Waals surface area contributed by atoms with Gasteiger partial charge in [0.05, 0.1) is 19.6 Å². The van der Waals surface area contributed by atoms with Gasteiger partial charge in [-0.3, -0.25) is 14.4 Å². The van der Waals surface area contributed by atoms with Crippen molar-refractivity contribution in [3.8, 4) is 5.75 Å². The van der Waals surface area contributed by atoms with Crippen molar-refractivity contribution in [2.24, 2.45) is 11.3 Å². The Morgan fingerprint density at radius 3 is 2.40 bits per heavy atom. The molecule has 8 nitrogen and oxygen atoms in total. The molecule has 0 bridgehead atoms. The van der Waals surface area contributed by atoms with Crippen LogP contribution in [0.15, 0.2) is 42.5 Å². The Kier molecular flexibility index (Phi) is 9.41. The average molecular weight is 571 g/mol. The average Bonchev–Trinajstić information content (AvgIpc) is 2.92. The largest absolute Gasteiger partial charge is 0.496 e. The van der Waals surface area contributed by atoms with Gasteiger partial charge in [0.2, 0.25) is 11.8 Å². The number of halogens is 1. The molecule has 1 saturated carbocycles. The number of ether oxygens (including phenoxy) is 2. The number of nitrogens with zero attached hydrogens (tertiary/aromatic N) is 2. The standard InChI is InChI=1S/C31H39ClN2O6/c1-31(2,3)19-34-25-14-11-21(32)17-24(25)29(23-7-5-6-8-26(23)39-4)40-16-15-33(27(35)18-28(34)36)22-12-9-20(10-13-22)30(37)38/h5-8,11,14,17,20,22,29H,9-10,12-13,15-16,18-19H2,1-4H3,(H,37,38). The summed E-state index contributed by atoms with van der Waals surface area (Å²) in [5, 5.41) is 9.95. The molecule has 2 amide bonds. The van der Waals surface area contributed by atoms with Gasteiger partial charge in [-0.1, -0.05) is 50.6 Å². The van der Waals surface area contributed by atoms with Gasteiger partial charge in [-0.15, -0.1) is 0 Å². The summed E-state index contributed by atoms with van der Waals surface area (Å²) in [6.45, 7) is 7.02. The van der Waals surface area contributed by atoms with Crippen LogP contribution in [0, 0.1) is 11.3 Å². The van der Waals surface area contributed by atoms with Crippen LogP contribution in [0.4, 0.5) is 5.69 Å². The van der Waals surface area contributed by atoms with Crippen molar-refractivity contribution in [1.82, 2.24) is 4.90 Å². The van der Waals surface area contributed by atoms with Gasteiger partial charge in [0.15, 0.2) is 0 Å². The lowest BCUT2D eigenvalue weighted by molar-refractivity contribution is -0.143. The zero-order valence-corrected chi connectivity index (χ0v) is 24.4. The molecule has 0 radical (unpaired) electrons. The first-order chi connectivity index (χ1) is 19.0. The number of hydrogen-bond donors (Lipinski definition) is 1. The number of para-hydroxylation sites is 1. The minimum atomic E-state index is -0.797. The molecule has 0 spiro atoms. The first-order valence-corrected chi connectivity index (χ1v) is 14.2. The molecule has 1 heterocycles. The number of carbonyl (C=O) groups is 3. The highest BCUT2D eigenvalue weighted by Gasteiger charge is 2.36. The van der Waals surface area contributed by atoms with Crippen LogP contribution >= 0.6 is 11.6 Å². The Bertz CT molecular complexity index is 1230. The second kappa shape index (κ2) is 12.6. The van der Waals surface area contributed by atoms with Crippen LogP contribution in [0.3, 0.4) is 0 Å². The molecular formula is C31H39ClN2O6. The maximum Gasteiger partial charge on any atom is 0.306 e. The summed E-state index contributed by atoms with van der Waals surface area (Å²) in [5.41, 5.74) is 1.89. The van der Waals surface area contributed by atoms with Crippen molar-refractivity contribution in [3.63, 3.8) is 0 Å². The normalized spacial score (nSPS) is 22.9. The summed E-state index contributed by atoms with van der Waals surface area (Å²) >= 11 is 6.51. The Balaban J connectivity index is 1.78. The highest BCUT2D eigenvalue weighted by molar-refractivity contribution is 6.30. The monoisotopic (exact) mass is 570 g/mol. The number of aliphatic carboxylic acids is 1. The van der Waals surface area contributed by atoms with E-state index in [0.29, 0.717) is 48.7 Å². The molecule has 216 valence electrons. The summed E-state index contributed by atoms with van der Waals surface area (Å²) in [6.07, 6.45) is 1.27. The molecule has 0 saturated heterocycles. The van der Waals surface area contributed by atoms with Crippen molar-refractivity contribution < 1.29 is 29.0 Å². The third-order valence-corrected chi connectivity index (χ3v) is 7.88. The maximum absolute atomic E-state index is 13.9.